The van der Waals surface area contributed by atoms with E-state index in [2.05, 4.69) is 0 Å². The number of hydrogen-bond donors (Lipinski definition) is 0. The molecule has 0 spiro atoms. The summed E-state index contributed by atoms with van der Waals surface area (Å²) in [5.41, 5.74) is 0.380. The highest BCUT2D eigenvalue weighted by Crippen LogP contribution is 2.41. The molecule has 0 atom stereocenters. The summed E-state index contributed by atoms with van der Waals surface area (Å²) in [6.45, 7) is 0. The van der Waals surface area contributed by atoms with Crippen molar-refractivity contribution >= 4 is 17.3 Å². The van der Waals surface area contributed by atoms with Crippen molar-refractivity contribution in [2.24, 2.45) is 0 Å². The number of alkyl halides is 3. The number of benzene rings is 2. The van der Waals surface area contributed by atoms with Crippen LogP contribution in [0.5, 0.6) is 11.5 Å². The first-order valence-electron chi connectivity index (χ1n) is 7.09. The first-order chi connectivity index (χ1) is 11.3. The van der Waals surface area contributed by atoms with E-state index in [0.717, 1.165) is 12.1 Å². The number of carbonyl (C=O) groups excluding carboxylic acids is 1. The molecule has 4 nitrogen and oxygen atoms in total. The SMILES string of the molecule is COc1cc(OC)cc(N2C(=O)Cc3ccc(C(F)(F)F)cc32)c1. The van der Waals surface area contributed by atoms with Gasteiger partial charge in [-0.3, -0.25) is 9.69 Å². The number of methoxy groups -OCH3 is 2. The van der Waals surface area contributed by atoms with Gasteiger partial charge in [0.2, 0.25) is 5.91 Å². The third-order valence-electron chi connectivity index (χ3n) is 3.84. The molecule has 0 saturated heterocycles. The van der Waals surface area contributed by atoms with Crippen LogP contribution >= 0.6 is 0 Å². The molecule has 0 bridgehead atoms. The van der Waals surface area contributed by atoms with Gasteiger partial charge < -0.3 is 9.47 Å². The van der Waals surface area contributed by atoms with Gasteiger partial charge in [-0.05, 0) is 17.7 Å². The van der Waals surface area contributed by atoms with Crippen LogP contribution in [0.4, 0.5) is 24.5 Å². The molecule has 1 aliphatic heterocycles. The highest BCUT2D eigenvalue weighted by Gasteiger charge is 2.35. The molecule has 7 heteroatoms. The minimum absolute atomic E-state index is 0.0486. The van der Waals surface area contributed by atoms with E-state index in [1.807, 2.05) is 0 Å². The fourth-order valence-electron chi connectivity index (χ4n) is 2.68. The molecule has 1 aliphatic rings. The van der Waals surface area contributed by atoms with Crippen molar-refractivity contribution in [1.29, 1.82) is 0 Å². The third-order valence-corrected chi connectivity index (χ3v) is 3.84. The number of fused-ring (bicyclic) bond motifs is 1. The molecule has 0 unspecified atom stereocenters. The minimum Gasteiger partial charge on any atom is -0.497 e. The second-order valence-corrected chi connectivity index (χ2v) is 5.32. The lowest BCUT2D eigenvalue weighted by molar-refractivity contribution is -0.137. The topological polar surface area (TPSA) is 38.8 Å². The smallest absolute Gasteiger partial charge is 0.416 e. The average Bonchev–Trinajstić information content (AvgIpc) is 2.88. The molecule has 1 amide bonds. The quantitative estimate of drug-likeness (QED) is 0.851. The normalized spacial score (nSPS) is 13.9. The van der Waals surface area contributed by atoms with Gasteiger partial charge in [0.25, 0.3) is 0 Å². The molecule has 126 valence electrons. The maximum Gasteiger partial charge on any atom is 0.416 e. The number of carbonyl (C=O) groups is 1. The number of nitrogens with zero attached hydrogens (tertiary/aromatic N) is 1. The summed E-state index contributed by atoms with van der Waals surface area (Å²) in [6.07, 6.45) is -4.43. The highest BCUT2D eigenvalue weighted by molar-refractivity contribution is 6.07. The summed E-state index contributed by atoms with van der Waals surface area (Å²) >= 11 is 0. The van der Waals surface area contributed by atoms with Crippen LogP contribution in [-0.2, 0) is 17.4 Å². The van der Waals surface area contributed by atoms with E-state index in [1.165, 1.54) is 25.2 Å². The summed E-state index contributed by atoms with van der Waals surface area (Å²) < 4.78 is 49.3. The van der Waals surface area contributed by atoms with Crippen LogP contribution in [0.1, 0.15) is 11.1 Å². The summed E-state index contributed by atoms with van der Waals surface area (Å²) in [5.74, 6) is 0.579. The van der Waals surface area contributed by atoms with Crippen LogP contribution in [0.15, 0.2) is 36.4 Å². The van der Waals surface area contributed by atoms with Gasteiger partial charge in [0.05, 0.1) is 37.6 Å². The fourth-order valence-corrected chi connectivity index (χ4v) is 2.68. The molecule has 0 fully saturated rings. The van der Waals surface area contributed by atoms with Crippen LogP contribution < -0.4 is 14.4 Å². The zero-order valence-electron chi connectivity index (χ0n) is 13.0. The van der Waals surface area contributed by atoms with Gasteiger partial charge in [0.15, 0.2) is 0 Å². The molecule has 3 rings (SSSR count). The average molecular weight is 337 g/mol. The van der Waals surface area contributed by atoms with Gasteiger partial charge in [0.1, 0.15) is 11.5 Å². The van der Waals surface area contributed by atoms with Crippen LogP contribution in [0, 0.1) is 0 Å². The Kier molecular flexibility index (Phi) is 3.87. The number of amides is 1. The number of anilines is 2. The first-order valence-corrected chi connectivity index (χ1v) is 7.09. The van der Waals surface area contributed by atoms with Crippen LogP contribution in [0.3, 0.4) is 0 Å². The number of hydrogen-bond acceptors (Lipinski definition) is 3. The van der Waals surface area contributed by atoms with Crippen LogP contribution in [0.2, 0.25) is 0 Å². The Bertz CT molecular complexity index is 780. The lowest BCUT2D eigenvalue weighted by Gasteiger charge is -2.20. The molecular formula is C17H14F3NO3. The molecule has 2 aromatic carbocycles. The van der Waals surface area contributed by atoms with Crippen molar-refractivity contribution in [2.75, 3.05) is 19.1 Å². The van der Waals surface area contributed by atoms with Gasteiger partial charge in [-0.1, -0.05) is 6.07 Å². The summed E-state index contributed by atoms with van der Waals surface area (Å²) in [4.78, 5) is 13.6. The van der Waals surface area contributed by atoms with Crippen molar-refractivity contribution in [3.8, 4) is 11.5 Å². The van der Waals surface area contributed by atoms with Crippen molar-refractivity contribution in [1.82, 2.24) is 0 Å². The van der Waals surface area contributed by atoms with Gasteiger partial charge in [-0.15, -0.1) is 0 Å². The molecule has 1 heterocycles. The van der Waals surface area contributed by atoms with Gasteiger partial charge >= 0.3 is 6.18 Å². The molecule has 0 radical (unpaired) electrons. The van der Waals surface area contributed by atoms with E-state index in [4.69, 9.17) is 9.47 Å². The standard InChI is InChI=1S/C17H14F3NO3/c1-23-13-7-12(8-14(9-13)24-2)21-15-6-11(17(18,19)20)4-3-10(15)5-16(21)22/h3-4,6-9H,5H2,1-2H3. The van der Waals surface area contributed by atoms with Crippen LogP contribution in [0.25, 0.3) is 0 Å². The molecular weight excluding hydrogens is 323 g/mol. The predicted molar refractivity (Wildman–Crippen MR) is 81.8 cm³/mol. The Hall–Kier alpha value is -2.70. The monoisotopic (exact) mass is 337 g/mol. The van der Waals surface area contributed by atoms with Crippen molar-refractivity contribution in [3.63, 3.8) is 0 Å². The summed E-state index contributed by atoms with van der Waals surface area (Å²) in [7, 11) is 2.92. The Morgan fingerprint density at radius 3 is 2.17 bits per heavy atom. The first kappa shape index (κ1) is 16.2. The van der Waals surface area contributed by atoms with E-state index < -0.39 is 11.7 Å². The second kappa shape index (κ2) is 5.74. The zero-order valence-corrected chi connectivity index (χ0v) is 13.0. The van der Waals surface area contributed by atoms with E-state index >= 15 is 0 Å². The van der Waals surface area contributed by atoms with Gasteiger partial charge in [-0.2, -0.15) is 13.2 Å². The van der Waals surface area contributed by atoms with Crippen molar-refractivity contribution in [3.05, 3.63) is 47.5 Å². The summed E-state index contributed by atoms with van der Waals surface area (Å²) in [6, 6.07) is 8.10. The minimum atomic E-state index is -4.47. The summed E-state index contributed by atoms with van der Waals surface area (Å²) in [5, 5.41) is 0. The lowest BCUT2D eigenvalue weighted by atomic mass is 10.1. The Balaban J connectivity index is 2.12. The Morgan fingerprint density at radius 1 is 1.00 bits per heavy atom. The van der Waals surface area contributed by atoms with Gasteiger partial charge in [0, 0.05) is 18.2 Å². The van der Waals surface area contributed by atoms with Crippen LogP contribution in [-0.4, -0.2) is 20.1 Å². The Morgan fingerprint density at radius 2 is 1.62 bits per heavy atom. The van der Waals surface area contributed by atoms with E-state index in [9.17, 15) is 18.0 Å². The molecule has 0 aromatic heterocycles. The maximum absolute atomic E-state index is 13.0. The largest absolute Gasteiger partial charge is 0.497 e. The third kappa shape index (κ3) is 2.77. The van der Waals surface area contributed by atoms with E-state index in [0.29, 0.717) is 22.7 Å². The highest BCUT2D eigenvalue weighted by atomic mass is 19.4. The molecule has 24 heavy (non-hydrogen) atoms. The predicted octanol–water partition coefficient (Wildman–Crippen LogP) is 3.94. The van der Waals surface area contributed by atoms with E-state index in [-0.39, 0.29) is 18.0 Å². The number of rotatable bonds is 3. The fraction of sp³-hybridized carbons (Fsp3) is 0.235. The van der Waals surface area contributed by atoms with Crippen molar-refractivity contribution in [2.45, 2.75) is 12.6 Å². The number of halogens is 3. The molecule has 0 aliphatic carbocycles. The Labute approximate surface area is 136 Å². The molecule has 0 saturated carbocycles. The number of ether oxygens (including phenoxy) is 2. The van der Waals surface area contributed by atoms with Gasteiger partial charge in [-0.25, -0.2) is 0 Å². The second-order valence-electron chi connectivity index (χ2n) is 5.32. The maximum atomic E-state index is 13.0. The van der Waals surface area contributed by atoms with Crippen molar-refractivity contribution < 1.29 is 27.4 Å². The zero-order chi connectivity index (χ0) is 17.5. The lowest BCUT2D eigenvalue weighted by Crippen LogP contribution is -2.21. The molecule has 2 aromatic rings. The molecule has 0 N–H and O–H groups in total. The van der Waals surface area contributed by atoms with E-state index in [1.54, 1.807) is 18.2 Å².